The third-order valence-corrected chi connectivity index (χ3v) is 3.48. The van der Waals surface area contributed by atoms with Crippen LogP contribution in [0.25, 0.3) is 11.6 Å². The molecule has 0 saturated carbocycles. The van der Waals surface area contributed by atoms with E-state index in [1.165, 1.54) is 17.4 Å². The van der Waals surface area contributed by atoms with Crippen LogP contribution in [0.5, 0.6) is 0 Å². The van der Waals surface area contributed by atoms with E-state index in [0.29, 0.717) is 0 Å². The molecule has 2 rings (SSSR count). The van der Waals surface area contributed by atoms with Gasteiger partial charge in [0, 0.05) is 16.0 Å². The zero-order chi connectivity index (χ0) is 14.8. The summed E-state index contributed by atoms with van der Waals surface area (Å²) in [6, 6.07) is 7.85. The lowest BCUT2D eigenvalue weighted by molar-refractivity contribution is -0.137. The predicted octanol–water partition coefficient (Wildman–Crippen LogP) is 4.53. The minimum absolute atomic E-state index is 0.228. The quantitative estimate of drug-likeness (QED) is 0.763. The molecule has 0 atom stereocenters. The number of nitrogens with zero attached hydrogens (tertiary/aromatic N) is 2. The number of pyridine rings is 1. The molecule has 2 heterocycles. The summed E-state index contributed by atoms with van der Waals surface area (Å²) in [4.78, 5) is 5.67. The molecule has 2 aromatic rings. The first-order valence-corrected chi connectivity index (χ1v) is 6.43. The SMILES string of the molecule is Cc1ccc(/C=C(\C#N)c2ccc(C(F)(F)F)cn2)s1. The van der Waals surface area contributed by atoms with Crippen molar-refractivity contribution in [2.45, 2.75) is 13.1 Å². The molecule has 0 spiro atoms. The van der Waals surface area contributed by atoms with Crippen LogP contribution in [-0.4, -0.2) is 4.98 Å². The van der Waals surface area contributed by atoms with Gasteiger partial charge in [-0.3, -0.25) is 4.98 Å². The van der Waals surface area contributed by atoms with E-state index in [1.807, 2.05) is 25.1 Å². The van der Waals surface area contributed by atoms with Gasteiger partial charge in [0.05, 0.1) is 16.8 Å². The summed E-state index contributed by atoms with van der Waals surface area (Å²) in [5.74, 6) is 0. The van der Waals surface area contributed by atoms with Crippen molar-refractivity contribution in [2.24, 2.45) is 0 Å². The number of hydrogen-bond donors (Lipinski definition) is 0. The molecule has 20 heavy (non-hydrogen) atoms. The van der Waals surface area contributed by atoms with E-state index in [4.69, 9.17) is 5.26 Å². The number of nitriles is 1. The molecule has 0 aliphatic carbocycles. The molecular formula is C14H9F3N2S. The Morgan fingerprint density at radius 1 is 1.30 bits per heavy atom. The number of allylic oxidation sites excluding steroid dienone is 1. The van der Waals surface area contributed by atoms with Gasteiger partial charge in [-0.15, -0.1) is 11.3 Å². The second-order valence-electron chi connectivity index (χ2n) is 4.05. The number of aromatic nitrogens is 1. The third-order valence-electron chi connectivity index (χ3n) is 2.53. The average molecular weight is 294 g/mol. The van der Waals surface area contributed by atoms with Crippen LogP contribution in [0.15, 0.2) is 30.5 Å². The fourth-order valence-electron chi connectivity index (χ4n) is 1.56. The summed E-state index contributed by atoms with van der Waals surface area (Å²) in [5.41, 5.74) is -0.363. The van der Waals surface area contributed by atoms with Gasteiger partial charge in [-0.1, -0.05) is 0 Å². The fourth-order valence-corrected chi connectivity index (χ4v) is 2.38. The molecule has 2 aromatic heterocycles. The molecule has 0 saturated heterocycles. The lowest BCUT2D eigenvalue weighted by Crippen LogP contribution is -2.05. The topological polar surface area (TPSA) is 36.7 Å². The van der Waals surface area contributed by atoms with Gasteiger partial charge in [-0.05, 0) is 37.3 Å². The summed E-state index contributed by atoms with van der Waals surface area (Å²) in [6.07, 6.45) is -2.07. The Bertz CT molecular complexity index is 676. The molecule has 0 N–H and O–H groups in total. The molecule has 102 valence electrons. The zero-order valence-electron chi connectivity index (χ0n) is 10.4. The summed E-state index contributed by atoms with van der Waals surface area (Å²) in [5, 5.41) is 9.10. The summed E-state index contributed by atoms with van der Waals surface area (Å²) < 4.78 is 37.3. The molecule has 0 amide bonds. The largest absolute Gasteiger partial charge is 0.417 e. The second kappa shape index (κ2) is 5.47. The molecule has 0 aliphatic heterocycles. The zero-order valence-corrected chi connectivity index (χ0v) is 11.2. The fraction of sp³-hybridized carbons (Fsp3) is 0.143. The number of aryl methyl sites for hydroxylation is 1. The standard InChI is InChI=1S/C14H9F3N2S/c1-9-2-4-12(20-9)6-10(7-18)13-5-3-11(8-19-13)14(15,16)17/h2-6,8H,1H3/b10-6+. The Hall–Kier alpha value is -2.13. The van der Waals surface area contributed by atoms with E-state index >= 15 is 0 Å². The Morgan fingerprint density at radius 2 is 2.05 bits per heavy atom. The Balaban J connectivity index is 2.34. The molecule has 0 radical (unpaired) electrons. The summed E-state index contributed by atoms with van der Waals surface area (Å²) >= 11 is 1.50. The van der Waals surface area contributed by atoms with E-state index in [9.17, 15) is 13.2 Å². The Kier molecular flexibility index (Phi) is 3.91. The van der Waals surface area contributed by atoms with Crippen LogP contribution in [0.2, 0.25) is 0 Å². The van der Waals surface area contributed by atoms with Gasteiger partial charge in [0.15, 0.2) is 0 Å². The van der Waals surface area contributed by atoms with Crippen molar-refractivity contribution in [1.82, 2.24) is 4.98 Å². The monoisotopic (exact) mass is 294 g/mol. The van der Waals surface area contributed by atoms with Crippen molar-refractivity contribution in [3.05, 3.63) is 51.5 Å². The van der Waals surface area contributed by atoms with Gasteiger partial charge in [0.2, 0.25) is 0 Å². The first-order chi connectivity index (χ1) is 9.40. The molecule has 2 nitrogen and oxygen atoms in total. The number of thiophene rings is 1. The molecule has 0 unspecified atom stereocenters. The van der Waals surface area contributed by atoms with Gasteiger partial charge >= 0.3 is 6.18 Å². The van der Waals surface area contributed by atoms with E-state index in [2.05, 4.69) is 4.98 Å². The molecule has 6 heteroatoms. The number of rotatable bonds is 2. The van der Waals surface area contributed by atoms with Crippen LogP contribution >= 0.6 is 11.3 Å². The smallest absolute Gasteiger partial charge is 0.255 e. The van der Waals surface area contributed by atoms with Crippen molar-refractivity contribution >= 4 is 23.0 Å². The highest BCUT2D eigenvalue weighted by atomic mass is 32.1. The van der Waals surface area contributed by atoms with Gasteiger partial charge in [-0.2, -0.15) is 18.4 Å². The van der Waals surface area contributed by atoms with Gasteiger partial charge in [-0.25, -0.2) is 0 Å². The van der Waals surface area contributed by atoms with Crippen LogP contribution in [0.1, 0.15) is 21.0 Å². The average Bonchev–Trinajstić information content (AvgIpc) is 2.81. The van der Waals surface area contributed by atoms with Crippen LogP contribution in [-0.2, 0) is 6.18 Å². The summed E-state index contributed by atoms with van der Waals surface area (Å²) in [6.45, 7) is 1.93. The van der Waals surface area contributed by atoms with E-state index < -0.39 is 11.7 Å². The molecule has 0 aliphatic rings. The first-order valence-electron chi connectivity index (χ1n) is 5.62. The number of halogens is 3. The van der Waals surface area contributed by atoms with Crippen molar-refractivity contribution < 1.29 is 13.2 Å². The van der Waals surface area contributed by atoms with Gasteiger partial charge in [0.1, 0.15) is 6.07 Å². The minimum atomic E-state index is -4.42. The maximum atomic E-state index is 12.4. The van der Waals surface area contributed by atoms with Gasteiger partial charge < -0.3 is 0 Å². The maximum absolute atomic E-state index is 12.4. The number of hydrogen-bond acceptors (Lipinski definition) is 3. The van der Waals surface area contributed by atoms with E-state index in [-0.39, 0.29) is 11.3 Å². The lowest BCUT2D eigenvalue weighted by atomic mass is 10.1. The van der Waals surface area contributed by atoms with Crippen LogP contribution in [0.4, 0.5) is 13.2 Å². The van der Waals surface area contributed by atoms with Gasteiger partial charge in [0.25, 0.3) is 0 Å². The highest BCUT2D eigenvalue weighted by Gasteiger charge is 2.30. The van der Waals surface area contributed by atoms with E-state index in [0.717, 1.165) is 22.0 Å². The van der Waals surface area contributed by atoms with Crippen LogP contribution in [0.3, 0.4) is 0 Å². The highest BCUT2D eigenvalue weighted by molar-refractivity contribution is 7.12. The van der Waals surface area contributed by atoms with Crippen molar-refractivity contribution in [1.29, 1.82) is 5.26 Å². The second-order valence-corrected chi connectivity index (χ2v) is 5.37. The minimum Gasteiger partial charge on any atom is -0.255 e. The van der Waals surface area contributed by atoms with Crippen molar-refractivity contribution in [2.75, 3.05) is 0 Å². The number of alkyl halides is 3. The molecular weight excluding hydrogens is 285 g/mol. The third kappa shape index (κ3) is 3.25. The molecule has 0 fully saturated rings. The maximum Gasteiger partial charge on any atom is 0.417 e. The van der Waals surface area contributed by atoms with Crippen molar-refractivity contribution in [3.63, 3.8) is 0 Å². The highest BCUT2D eigenvalue weighted by Crippen LogP contribution is 2.29. The Labute approximate surface area is 117 Å². The first kappa shape index (κ1) is 14.3. The Morgan fingerprint density at radius 3 is 2.50 bits per heavy atom. The lowest BCUT2D eigenvalue weighted by Gasteiger charge is -2.06. The predicted molar refractivity (Wildman–Crippen MR) is 71.8 cm³/mol. The molecule has 0 bridgehead atoms. The van der Waals surface area contributed by atoms with Crippen LogP contribution in [0, 0.1) is 18.3 Å². The normalized spacial score (nSPS) is 12.2. The summed E-state index contributed by atoms with van der Waals surface area (Å²) in [7, 11) is 0. The van der Waals surface area contributed by atoms with Crippen molar-refractivity contribution in [3.8, 4) is 6.07 Å². The van der Waals surface area contributed by atoms with E-state index in [1.54, 1.807) is 6.08 Å². The molecule has 0 aromatic carbocycles. The van der Waals surface area contributed by atoms with Crippen LogP contribution < -0.4 is 0 Å².